The number of amides is 1. The number of carbonyl (C=O) groups is 1. The Balaban J connectivity index is 2.23. The molecule has 0 bridgehead atoms. The summed E-state index contributed by atoms with van der Waals surface area (Å²) in [6.07, 6.45) is 3.78. The van der Waals surface area contributed by atoms with Crippen LogP contribution in [0.2, 0.25) is 0 Å². The summed E-state index contributed by atoms with van der Waals surface area (Å²) < 4.78 is 5.56. The van der Waals surface area contributed by atoms with Gasteiger partial charge in [-0.3, -0.25) is 9.63 Å². The van der Waals surface area contributed by atoms with Gasteiger partial charge in [0.25, 0.3) is 0 Å². The fourth-order valence-electron chi connectivity index (χ4n) is 1.72. The summed E-state index contributed by atoms with van der Waals surface area (Å²) in [5.74, 6) is 0.783. The van der Waals surface area contributed by atoms with Crippen molar-refractivity contribution in [1.29, 1.82) is 0 Å². The van der Waals surface area contributed by atoms with E-state index in [9.17, 15) is 4.79 Å². The molecule has 0 heterocycles. The molecular formula is C16H25NO3. The van der Waals surface area contributed by atoms with Crippen LogP contribution in [0.5, 0.6) is 5.75 Å². The molecule has 1 amide bonds. The standard InChI is InChI=1S/C16H25NO3/c1-4-5-6-7-16(18)17-19-12-14-8-10-15(11-9-14)20-13(2)3/h8-11,13H,4-7,12H2,1-3H3,(H,17,18). The van der Waals surface area contributed by atoms with Gasteiger partial charge in [0, 0.05) is 6.42 Å². The molecule has 0 saturated heterocycles. The largest absolute Gasteiger partial charge is 0.491 e. The summed E-state index contributed by atoms with van der Waals surface area (Å²) in [5.41, 5.74) is 3.46. The van der Waals surface area contributed by atoms with Crippen molar-refractivity contribution >= 4 is 5.91 Å². The van der Waals surface area contributed by atoms with Gasteiger partial charge in [-0.1, -0.05) is 31.9 Å². The Labute approximate surface area is 121 Å². The van der Waals surface area contributed by atoms with Gasteiger partial charge in [0.2, 0.25) is 5.91 Å². The van der Waals surface area contributed by atoms with E-state index in [2.05, 4.69) is 12.4 Å². The second-order valence-corrected chi connectivity index (χ2v) is 5.08. The van der Waals surface area contributed by atoms with Crippen molar-refractivity contribution < 1.29 is 14.4 Å². The zero-order chi connectivity index (χ0) is 14.8. The second-order valence-electron chi connectivity index (χ2n) is 5.08. The molecule has 0 unspecified atom stereocenters. The Morgan fingerprint density at radius 1 is 1.20 bits per heavy atom. The molecular weight excluding hydrogens is 254 g/mol. The average Bonchev–Trinajstić information content (AvgIpc) is 2.40. The van der Waals surface area contributed by atoms with E-state index in [-0.39, 0.29) is 12.0 Å². The number of rotatable bonds is 9. The molecule has 20 heavy (non-hydrogen) atoms. The molecule has 4 heteroatoms. The molecule has 1 aromatic carbocycles. The number of unbranched alkanes of at least 4 members (excludes halogenated alkanes) is 2. The first-order chi connectivity index (χ1) is 9.61. The van der Waals surface area contributed by atoms with Gasteiger partial charge in [-0.05, 0) is 38.0 Å². The van der Waals surface area contributed by atoms with Crippen LogP contribution in [0.15, 0.2) is 24.3 Å². The molecule has 0 spiro atoms. The summed E-state index contributed by atoms with van der Waals surface area (Å²) in [4.78, 5) is 16.6. The highest BCUT2D eigenvalue weighted by Gasteiger charge is 2.02. The Hall–Kier alpha value is -1.55. The van der Waals surface area contributed by atoms with Crippen LogP contribution in [0.3, 0.4) is 0 Å². The smallest absolute Gasteiger partial charge is 0.243 e. The van der Waals surface area contributed by atoms with Crippen molar-refractivity contribution in [3.63, 3.8) is 0 Å². The Kier molecular flexibility index (Phi) is 7.73. The first-order valence-electron chi connectivity index (χ1n) is 7.28. The van der Waals surface area contributed by atoms with Crippen molar-refractivity contribution in [2.45, 2.75) is 59.2 Å². The van der Waals surface area contributed by atoms with Gasteiger partial charge < -0.3 is 4.74 Å². The molecule has 0 aliphatic rings. The second kappa shape index (κ2) is 9.37. The van der Waals surface area contributed by atoms with Crippen LogP contribution >= 0.6 is 0 Å². The topological polar surface area (TPSA) is 47.6 Å². The molecule has 0 aromatic heterocycles. The number of hydroxylamine groups is 1. The fourth-order valence-corrected chi connectivity index (χ4v) is 1.72. The van der Waals surface area contributed by atoms with Gasteiger partial charge in [-0.15, -0.1) is 0 Å². The van der Waals surface area contributed by atoms with Gasteiger partial charge in [-0.2, -0.15) is 0 Å². The summed E-state index contributed by atoms with van der Waals surface area (Å²) in [6, 6.07) is 7.67. The Morgan fingerprint density at radius 2 is 1.90 bits per heavy atom. The van der Waals surface area contributed by atoms with Gasteiger partial charge in [0.05, 0.1) is 12.7 Å². The third kappa shape index (κ3) is 7.14. The van der Waals surface area contributed by atoms with Gasteiger partial charge in [0.15, 0.2) is 0 Å². The molecule has 0 fully saturated rings. The predicted molar refractivity (Wildman–Crippen MR) is 79.3 cm³/mol. The van der Waals surface area contributed by atoms with E-state index < -0.39 is 0 Å². The number of carbonyl (C=O) groups excluding carboxylic acids is 1. The highest BCUT2D eigenvalue weighted by Crippen LogP contribution is 2.14. The number of hydrogen-bond acceptors (Lipinski definition) is 3. The van der Waals surface area contributed by atoms with Crippen LogP contribution in [0.25, 0.3) is 0 Å². The van der Waals surface area contributed by atoms with Crippen LogP contribution < -0.4 is 10.2 Å². The van der Waals surface area contributed by atoms with Gasteiger partial charge in [0.1, 0.15) is 5.75 Å². The van der Waals surface area contributed by atoms with Crippen LogP contribution in [-0.4, -0.2) is 12.0 Å². The lowest BCUT2D eigenvalue weighted by Crippen LogP contribution is -2.23. The van der Waals surface area contributed by atoms with E-state index in [0.29, 0.717) is 13.0 Å². The van der Waals surface area contributed by atoms with Crippen LogP contribution in [0.1, 0.15) is 52.0 Å². The zero-order valence-corrected chi connectivity index (χ0v) is 12.6. The minimum atomic E-state index is -0.0572. The fraction of sp³-hybridized carbons (Fsp3) is 0.562. The normalized spacial score (nSPS) is 10.6. The van der Waals surface area contributed by atoms with E-state index in [1.807, 2.05) is 38.1 Å². The first-order valence-corrected chi connectivity index (χ1v) is 7.28. The molecule has 0 aliphatic carbocycles. The van der Waals surface area contributed by atoms with Crippen LogP contribution in [-0.2, 0) is 16.2 Å². The number of nitrogens with one attached hydrogen (secondary N) is 1. The molecule has 0 atom stereocenters. The maximum absolute atomic E-state index is 11.4. The molecule has 1 N–H and O–H groups in total. The van der Waals surface area contributed by atoms with Crippen molar-refractivity contribution in [3.05, 3.63) is 29.8 Å². The first kappa shape index (κ1) is 16.5. The summed E-state index contributed by atoms with van der Waals surface area (Å²) in [6.45, 7) is 6.46. The average molecular weight is 279 g/mol. The van der Waals surface area contributed by atoms with E-state index in [0.717, 1.165) is 30.6 Å². The highest BCUT2D eigenvalue weighted by molar-refractivity contribution is 5.74. The van der Waals surface area contributed by atoms with E-state index in [1.165, 1.54) is 0 Å². The maximum Gasteiger partial charge on any atom is 0.243 e. The Bertz CT molecular complexity index is 387. The summed E-state index contributed by atoms with van der Waals surface area (Å²) in [5, 5.41) is 0. The highest BCUT2D eigenvalue weighted by atomic mass is 16.6. The van der Waals surface area contributed by atoms with E-state index in [1.54, 1.807) is 0 Å². The Morgan fingerprint density at radius 3 is 2.50 bits per heavy atom. The molecule has 112 valence electrons. The molecule has 4 nitrogen and oxygen atoms in total. The lowest BCUT2D eigenvalue weighted by Gasteiger charge is -2.10. The zero-order valence-electron chi connectivity index (χ0n) is 12.6. The monoisotopic (exact) mass is 279 g/mol. The van der Waals surface area contributed by atoms with Crippen LogP contribution in [0, 0.1) is 0 Å². The molecule has 0 aliphatic heterocycles. The molecule has 1 aromatic rings. The van der Waals surface area contributed by atoms with Crippen molar-refractivity contribution in [1.82, 2.24) is 5.48 Å². The van der Waals surface area contributed by atoms with Crippen molar-refractivity contribution in [2.24, 2.45) is 0 Å². The lowest BCUT2D eigenvalue weighted by molar-refractivity contribution is -0.134. The van der Waals surface area contributed by atoms with Crippen molar-refractivity contribution in [3.8, 4) is 5.75 Å². The number of benzene rings is 1. The lowest BCUT2D eigenvalue weighted by atomic mass is 10.2. The van der Waals surface area contributed by atoms with Gasteiger partial charge in [-0.25, -0.2) is 5.48 Å². The molecule has 1 rings (SSSR count). The van der Waals surface area contributed by atoms with Crippen molar-refractivity contribution in [2.75, 3.05) is 0 Å². The summed E-state index contributed by atoms with van der Waals surface area (Å²) >= 11 is 0. The SMILES string of the molecule is CCCCCC(=O)NOCc1ccc(OC(C)C)cc1. The number of ether oxygens (including phenoxy) is 1. The minimum Gasteiger partial charge on any atom is -0.491 e. The predicted octanol–water partition coefficient (Wildman–Crippen LogP) is 3.60. The van der Waals surface area contributed by atoms with Crippen LogP contribution in [0.4, 0.5) is 0 Å². The van der Waals surface area contributed by atoms with Gasteiger partial charge >= 0.3 is 0 Å². The minimum absolute atomic E-state index is 0.0572. The van der Waals surface area contributed by atoms with E-state index in [4.69, 9.17) is 9.57 Å². The van der Waals surface area contributed by atoms with E-state index >= 15 is 0 Å². The number of hydrogen-bond donors (Lipinski definition) is 1. The third-order valence-electron chi connectivity index (χ3n) is 2.73. The molecule has 0 radical (unpaired) electrons. The third-order valence-corrected chi connectivity index (χ3v) is 2.73. The summed E-state index contributed by atoms with van der Waals surface area (Å²) in [7, 11) is 0. The quantitative estimate of drug-likeness (QED) is 0.555. The molecule has 0 saturated carbocycles. The maximum atomic E-state index is 11.4.